The Balaban J connectivity index is 1.48. The number of hydrogen-bond acceptors (Lipinski definition) is 7. The fourth-order valence-electron chi connectivity index (χ4n) is 5.54. The van der Waals surface area contributed by atoms with Crippen molar-refractivity contribution in [2.75, 3.05) is 66.7 Å². The topological polar surface area (TPSA) is 84.7 Å². The lowest BCUT2D eigenvalue weighted by Crippen LogP contribution is -2.47. The molecule has 1 aliphatic heterocycles. The minimum atomic E-state index is -0.132. The smallest absolute Gasteiger partial charge is 0.254 e. The van der Waals surface area contributed by atoms with Crippen molar-refractivity contribution in [2.45, 2.75) is 52.0 Å². The lowest BCUT2D eigenvalue weighted by molar-refractivity contribution is -0.132. The summed E-state index contributed by atoms with van der Waals surface area (Å²) >= 11 is 0. The number of morpholine rings is 1. The molecule has 0 bridgehead atoms. The van der Waals surface area contributed by atoms with Crippen molar-refractivity contribution >= 4 is 11.8 Å². The van der Waals surface area contributed by atoms with E-state index in [9.17, 15) is 9.59 Å². The molecule has 1 saturated heterocycles. The molecule has 244 valence electrons. The van der Waals surface area contributed by atoms with Crippen molar-refractivity contribution in [3.8, 4) is 11.5 Å². The van der Waals surface area contributed by atoms with E-state index in [1.54, 1.807) is 30.3 Å². The van der Waals surface area contributed by atoms with Gasteiger partial charge in [0.1, 0.15) is 12.3 Å². The van der Waals surface area contributed by atoms with Crippen LogP contribution in [0.2, 0.25) is 0 Å². The van der Waals surface area contributed by atoms with E-state index < -0.39 is 0 Å². The Morgan fingerprint density at radius 3 is 2.29 bits per heavy atom. The summed E-state index contributed by atoms with van der Waals surface area (Å²) in [6, 6.07) is 17.4. The summed E-state index contributed by atoms with van der Waals surface area (Å²) in [6.07, 6.45) is 8.04. The highest BCUT2D eigenvalue weighted by Gasteiger charge is 2.24. The maximum absolute atomic E-state index is 13.9. The van der Waals surface area contributed by atoms with Crippen LogP contribution in [0.4, 0.5) is 0 Å². The number of amides is 2. The molecule has 4 rings (SSSR count). The third kappa shape index (κ3) is 10.6. The van der Waals surface area contributed by atoms with Gasteiger partial charge in [0, 0.05) is 38.3 Å². The normalized spacial score (nSPS) is 13.4. The Hall–Kier alpha value is -3.82. The Morgan fingerprint density at radius 1 is 0.844 bits per heavy atom. The van der Waals surface area contributed by atoms with Crippen LogP contribution in [0.5, 0.6) is 11.5 Å². The molecule has 0 atom stereocenters. The number of ether oxygens (including phenoxy) is 3. The highest BCUT2D eigenvalue weighted by Crippen LogP contribution is 2.28. The van der Waals surface area contributed by atoms with Gasteiger partial charge in [0.15, 0.2) is 11.5 Å². The molecule has 9 nitrogen and oxygen atoms in total. The highest BCUT2D eigenvalue weighted by atomic mass is 16.5. The second kappa shape index (κ2) is 18.2. The van der Waals surface area contributed by atoms with Crippen molar-refractivity contribution in [3.05, 3.63) is 83.3 Å². The SMILES string of the molecule is CCCCCCc1ccc(C(=O)N(CCN2CCOCC2)CC(=O)N(CCc2ccc(OC)c(OC)c2)Cc2ccco2)cc1. The molecule has 1 fully saturated rings. The zero-order valence-corrected chi connectivity index (χ0v) is 27.2. The molecule has 0 radical (unpaired) electrons. The molecule has 1 aromatic heterocycles. The number of carbonyl (C=O) groups excluding carboxylic acids is 2. The van der Waals surface area contributed by atoms with Crippen LogP contribution in [0.15, 0.2) is 65.3 Å². The van der Waals surface area contributed by atoms with Crippen LogP contribution in [0.3, 0.4) is 0 Å². The van der Waals surface area contributed by atoms with Gasteiger partial charge >= 0.3 is 0 Å². The predicted octanol–water partition coefficient (Wildman–Crippen LogP) is 5.47. The van der Waals surface area contributed by atoms with Crippen molar-refractivity contribution in [1.82, 2.24) is 14.7 Å². The molecule has 0 unspecified atom stereocenters. The van der Waals surface area contributed by atoms with Gasteiger partial charge in [0.05, 0.1) is 40.2 Å². The molecule has 45 heavy (non-hydrogen) atoms. The minimum absolute atomic E-state index is 0.0193. The third-order valence-electron chi connectivity index (χ3n) is 8.32. The Labute approximate surface area is 268 Å². The van der Waals surface area contributed by atoms with Crippen LogP contribution < -0.4 is 9.47 Å². The lowest BCUT2D eigenvalue weighted by Gasteiger charge is -2.31. The average molecular weight is 620 g/mol. The maximum Gasteiger partial charge on any atom is 0.254 e. The Kier molecular flexibility index (Phi) is 13.8. The second-order valence-corrected chi connectivity index (χ2v) is 11.5. The molecule has 0 N–H and O–H groups in total. The molecule has 2 aromatic carbocycles. The van der Waals surface area contributed by atoms with Crippen molar-refractivity contribution in [1.29, 1.82) is 0 Å². The van der Waals surface area contributed by atoms with E-state index in [0.717, 1.165) is 31.5 Å². The maximum atomic E-state index is 13.9. The first-order valence-corrected chi connectivity index (χ1v) is 16.2. The van der Waals surface area contributed by atoms with E-state index in [4.69, 9.17) is 18.6 Å². The van der Waals surface area contributed by atoms with Gasteiger partial charge in [-0.2, -0.15) is 0 Å². The fraction of sp³-hybridized carbons (Fsp3) is 0.500. The van der Waals surface area contributed by atoms with Crippen molar-refractivity contribution in [3.63, 3.8) is 0 Å². The molecule has 9 heteroatoms. The van der Waals surface area contributed by atoms with E-state index in [0.29, 0.717) is 68.6 Å². The number of benzene rings is 2. The van der Waals surface area contributed by atoms with Crippen LogP contribution in [-0.4, -0.2) is 93.2 Å². The van der Waals surface area contributed by atoms with E-state index in [2.05, 4.69) is 11.8 Å². The molecule has 2 amide bonds. The van der Waals surface area contributed by atoms with Gasteiger partial charge in [0.2, 0.25) is 5.91 Å². The van der Waals surface area contributed by atoms with E-state index in [1.165, 1.54) is 24.8 Å². The summed E-state index contributed by atoms with van der Waals surface area (Å²) in [6.45, 7) is 7.09. The molecular weight excluding hydrogens is 570 g/mol. The summed E-state index contributed by atoms with van der Waals surface area (Å²) in [5, 5.41) is 0. The quantitative estimate of drug-likeness (QED) is 0.175. The van der Waals surface area contributed by atoms with Crippen LogP contribution >= 0.6 is 0 Å². The van der Waals surface area contributed by atoms with Gasteiger partial charge in [-0.1, -0.05) is 44.4 Å². The summed E-state index contributed by atoms with van der Waals surface area (Å²) in [4.78, 5) is 33.6. The third-order valence-corrected chi connectivity index (χ3v) is 8.32. The van der Waals surface area contributed by atoms with Gasteiger partial charge in [0.25, 0.3) is 5.91 Å². The Morgan fingerprint density at radius 2 is 1.60 bits per heavy atom. The first kappa shape index (κ1) is 34.1. The number of nitrogens with zero attached hydrogens (tertiary/aromatic N) is 3. The van der Waals surface area contributed by atoms with E-state index in [-0.39, 0.29) is 18.4 Å². The molecule has 3 aromatic rings. The van der Waals surface area contributed by atoms with Crippen LogP contribution in [-0.2, 0) is 28.9 Å². The summed E-state index contributed by atoms with van der Waals surface area (Å²) in [5.74, 6) is 1.73. The summed E-state index contributed by atoms with van der Waals surface area (Å²) < 4.78 is 22.0. The zero-order valence-electron chi connectivity index (χ0n) is 27.2. The number of furan rings is 1. The molecule has 0 saturated carbocycles. The fourth-order valence-corrected chi connectivity index (χ4v) is 5.54. The molecule has 1 aliphatic rings. The predicted molar refractivity (Wildman–Crippen MR) is 175 cm³/mol. The van der Waals surface area contributed by atoms with Gasteiger partial charge in [-0.3, -0.25) is 14.5 Å². The molecular formula is C36H49N3O6. The highest BCUT2D eigenvalue weighted by molar-refractivity contribution is 5.96. The molecule has 0 aliphatic carbocycles. The summed E-state index contributed by atoms with van der Waals surface area (Å²) in [7, 11) is 3.22. The van der Waals surface area contributed by atoms with Gasteiger partial charge in [-0.05, 0) is 66.8 Å². The first-order chi connectivity index (χ1) is 22.0. The number of unbranched alkanes of at least 4 members (excludes halogenated alkanes) is 3. The number of hydrogen-bond donors (Lipinski definition) is 0. The average Bonchev–Trinajstić information content (AvgIpc) is 3.60. The summed E-state index contributed by atoms with van der Waals surface area (Å²) in [5.41, 5.74) is 2.85. The van der Waals surface area contributed by atoms with Gasteiger partial charge < -0.3 is 28.4 Å². The minimum Gasteiger partial charge on any atom is -0.493 e. The largest absolute Gasteiger partial charge is 0.493 e. The zero-order chi connectivity index (χ0) is 31.9. The number of methoxy groups -OCH3 is 2. The van der Waals surface area contributed by atoms with E-state index in [1.807, 2.05) is 54.6 Å². The molecule has 2 heterocycles. The second-order valence-electron chi connectivity index (χ2n) is 11.5. The van der Waals surface area contributed by atoms with Gasteiger partial charge in [-0.15, -0.1) is 0 Å². The van der Waals surface area contributed by atoms with Crippen molar-refractivity contribution in [2.24, 2.45) is 0 Å². The number of carbonyl (C=O) groups is 2. The molecule has 0 spiro atoms. The van der Waals surface area contributed by atoms with Crippen LogP contribution in [0.25, 0.3) is 0 Å². The van der Waals surface area contributed by atoms with Crippen molar-refractivity contribution < 1.29 is 28.2 Å². The number of aryl methyl sites for hydroxylation is 1. The Bertz CT molecular complexity index is 1300. The number of rotatable bonds is 18. The lowest BCUT2D eigenvalue weighted by atomic mass is 10.0. The van der Waals surface area contributed by atoms with Crippen LogP contribution in [0.1, 0.15) is 59.9 Å². The first-order valence-electron chi connectivity index (χ1n) is 16.2. The van der Waals surface area contributed by atoms with Gasteiger partial charge in [-0.25, -0.2) is 0 Å². The standard InChI is InChI=1S/C36H49N3O6/c1-4-5-6-7-9-29-11-14-31(15-12-29)36(41)39(20-19-37-21-24-44-25-22-37)28-35(40)38(27-32-10-8-23-45-32)18-17-30-13-16-33(42-2)34(26-30)43-3/h8,10-16,23,26H,4-7,9,17-22,24-25,27-28H2,1-3H3. The monoisotopic (exact) mass is 619 g/mol. The van der Waals surface area contributed by atoms with Crippen LogP contribution in [0, 0.1) is 0 Å². The van der Waals surface area contributed by atoms with E-state index >= 15 is 0 Å².